The highest BCUT2D eigenvalue weighted by Crippen LogP contribution is 2.26. The van der Waals surface area contributed by atoms with Crippen molar-refractivity contribution in [3.8, 4) is 0 Å². The van der Waals surface area contributed by atoms with Gasteiger partial charge in [-0.05, 0) is 0 Å². The van der Waals surface area contributed by atoms with Crippen LogP contribution in [-0.4, -0.2) is 65.2 Å². The molecule has 0 aromatic rings. The monoisotopic (exact) mass is 264 g/mol. The molecule has 18 heavy (non-hydrogen) atoms. The van der Waals surface area contributed by atoms with E-state index < -0.39 is 12.3 Å². The van der Waals surface area contributed by atoms with Crippen LogP contribution in [0.3, 0.4) is 0 Å². The maximum absolute atomic E-state index is 5.03. The Labute approximate surface area is 104 Å². The van der Waals surface area contributed by atoms with E-state index in [0.29, 0.717) is 52.9 Å². The van der Waals surface area contributed by atoms with E-state index in [4.69, 9.17) is 37.9 Å². The van der Waals surface area contributed by atoms with E-state index >= 15 is 0 Å². The number of hydrogen-bond donors (Lipinski definition) is 0. The van der Waals surface area contributed by atoms with Crippen LogP contribution in [0.15, 0.2) is 0 Å². The quantitative estimate of drug-likeness (QED) is 0.573. The van der Waals surface area contributed by atoms with Crippen molar-refractivity contribution in [1.29, 1.82) is 0 Å². The summed E-state index contributed by atoms with van der Waals surface area (Å²) in [6.45, 7) is 4.44. The van der Waals surface area contributed by atoms with Gasteiger partial charge < -0.3 is 37.9 Å². The number of rotatable bonds is 0. The Hall–Kier alpha value is -0.320. The van der Waals surface area contributed by atoms with Crippen LogP contribution < -0.4 is 0 Å². The van der Waals surface area contributed by atoms with Crippen LogP contribution in [0, 0.1) is 0 Å². The van der Waals surface area contributed by atoms with Crippen LogP contribution in [0.4, 0.5) is 0 Å². The van der Waals surface area contributed by atoms with E-state index in [1.807, 2.05) is 0 Å². The second-order valence-electron chi connectivity index (χ2n) is 3.79. The van der Waals surface area contributed by atoms with E-state index in [0.717, 1.165) is 0 Å². The van der Waals surface area contributed by atoms with Crippen molar-refractivity contribution in [1.82, 2.24) is 0 Å². The van der Waals surface area contributed by atoms with Gasteiger partial charge in [-0.15, -0.1) is 0 Å². The summed E-state index contributed by atoms with van der Waals surface area (Å²) in [5.74, 6) is 0. The molecular weight excluding hydrogens is 248 g/mol. The largest absolute Gasteiger partial charge is 0.413 e. The van der Waals surface area contributed by atoms with Crippen molar-refractivity contribution in [2.24, 2.45) is 0 Å². The molecule has 0 unspecified atom stereocenters. The second-order valence-corrected chi connectivity index (χ2v) is 3.79. The lowest BCUT2D eigenvalue weighted by molar-refractivity contribution is -0.422. The lowest BCUT2D eigenvalue weighted by Crippen LogP contribution is -2.30. The number of hydrogen-bond acceptors (Lipinski definition) is 8. The molecule has 0 bridgehead atoms. The molecule has 0 atom stereocenters. The highest BCUT2D eigenvalue weighted by molar-refractivity contribution is 4.56. The summed E-state index contributed by atoms with van der Waals surface area (Å²) in [5, 5.41) is 0. The molecule has 8 nitrogen and oxygen atoms in total. The normalized spacial score (nSPS) is 32.0. The van der Waals surface area contributed by atoms with Gasteiger partial charge in [0.15, 0.2) is 0 Å². The topological polar surface area (TPSA) is 73.8 Å². The fourth-order valence-corrected chi connectivity index (χ4v) is 1.83. The standard InChI is InChI=1S/2C5H8O4/c2*1-2-7-5(6-1)8-3-4-9-5/h2*1-4H2. The smallest absolute Gasteiger partial charge is 0.301 e. The molecule has 4 rings (SSSR count). The maximum Gasteiger partial charge on any atom is 0.413 e. The van der Waals surface area contributed by atoms with Gasteiger partial charge in [-0.2, -0.15) is 0 Å². The van der Waals surface area contributed by atoms with Crippen molar-refractivity contribution in [2.45, 2.75) is 12.3 Å². The summed E-state index contributed by atoms with van der Waals surface area (Å²) in [5.41, 5.74) is 0. The summed E-state index contributed by atoms with van der Waals surface area (Å²) >= 11 is 0. The average Bonchev–Trinajstić information content (AvgIpc) is 3.16. The van der Waals surface area contributed by atoms with Crippen molar-refractivity contribution in [2.75, 3.05) is 52.9 Å². The molecule has 8 heteroatoms. The van der Waals surface area contributed by atoms with Gasteiger partial charge in [-0.25, -0.2) is 0 Å². The number of ether oxygens (including phenoxy) is 8. The van der Waals surface area contributed by atoms with Gasteiger partial charge in [0.25, 0.3) is 0 Å². The molecule has 4 aliphatic heterocycles. The van der Waals surface area contributed by atoms with Crippen molar-refractivity contribution in [3.05, 3.63) is 0 Å². The minimum Gasteiger partial charge on any atom is -0.301 e. The summed E-state index contributed by atoms with van der Waals surface area (Å²) in [6, 6.07) is 0. The van der Waals surface area contributed by atoms with Crippen molar-refractivity contribution in [3.63, 3.8) is 0 Å². The summed E-state index contributed by atoms with van der Waals surface area (Å²) < 4.78 is 40.3. The minimum atomic E-state index is -1.11. The van der Waals surface area contributed by atoms with E-state index in [1.165, 1.54) is 0 Å². The molecule has 4 fully saturated rings. The molecule has 4 heterocycles. The summed E-state index contributed by atoms with van der Waals surface area (Å²) in [6.07, 6.45) is -2.22. The fraction of sp³-hybridized carbons (Fsp3) is 1.00. The van der Waals surface area contributed by atoms with Gasteiger partial charge in [0.05, 0.1) is 52.9 Å². The lowest BCUT2D eigenvalue weighted by Gasteiger charge is -2.16. The first-order valence-electron chi connectivity index (χ1n) is 5.94. The predicted molar refractivity (Wildman–Crippen MR) is 53.1 cm³/mol. The van der Waals surface area contributed by atoms with Gasteiger partial charge in [0.1, 0.15) is 0 Å². The van der Waals surface area contributed by atoms with E-state index in [1.54, 1.807) is 0 Å². The van der Waals surface area contributed by atoms with Crippen LogP contribution in [-0.2, 0) is 37.9 Å². The third kappa shape index (κ3) is 2.65. The van der Waals surface area contributed by atoms with Crippen LogP contribution in [0.25, 0.3) is 0 Å². The first-order valence-corrected chi connectivity index (χ1v) is 5.94. The molecule has 0 radical (unpaired) electrons. The van der Waals surface area contributed by atoms with E-state index in [2.05, 4.69) is 0 Å². The molecule has 104 valence electrons. The zero-order valence-electron chi connectivity index (χ0n) is 9.92. The molecule has 0 saturated carbocycles. The minimum absolute atomic E-state index is 0.556. The highest BCUT2D eigenvalue weighted by atomic mass is 17.1. The second kappa shape index (κ2) is 5.35. The molecule has 0 aliphatic carbocycles. The van der Waals surface area contributed by atoms with Crippen LogP contribution >= 0.6 is 0 Å². The first-order chi connectivity index (χ1) is 8.83. The van der Waals surface area contributed by atoms with Gasteiger partial charge >= 0.3 is 12.3 Å². The highest BCUT2D eigenvalue weighted by Gasteiger charge is 2.44. The summed E-state index contributed by atoms with van der Waals surface area (Å²) in [7, 11) is 0. The Morgan fingerprint density at radius 1 is 0.333 bits per heavy atom. The Kier molecular flexibility index (Phi) is 3.78. The molecule has 0 amide bonds. The Morgan fingerprint density at radius 2 is 0.500 bits per heavy atom. The molecule has 0 aromatic carbocycles. The van der Waals surface area contributed by atoms with E-state index in [9.17, 15) is 0 Å². The Balaban J connectivity index is 0.000000111. The molecule has 0 aromatic heterocycles. The molecular formula is C10H16O8. The van der Waals surface area contributed by atoms with Gasteiger partial charge in [-0.1, -0.05) is 0 Å². The molecule has 4 saturated heterocycles. The van der Waals surface area contributed by atoms with Crippen LogP contribution in [0.2, 0.25) is 0 Å². The fourth-order valence-electron chi connectivity index (χ4n) is 1.83. The first kappa shape index (κ1) is 12.7. The zero-order valence-corrected chi connectivity index (χ0v) is 9.92. The third-order valence-electron chi connectivity index (χ3n) is 2.56. The lowest BCUT2D eigenvalue weighted by atomic mass is 10.8. The average molecular weight is 264 g/mol. The maximum atomic E-state index is 5.03. The summed E-state index contributed by atoms with van der Waals surface area (Å²) in [4.78, 5) is 0. The SMILES string of the molecule is C1COC2(O1)OCCO2.C1COC2(O1)OCCO2. The predicted octanol–water partition coefficient (Wildman–Crippen LogP) is -0.617. The van der Waals surface area contributed by atoms with Gasteiger partial charge in [0, 0.05) is 0 Å². The van der Waals surface area contributed by atoms with Crippen molar-refractivity contribution >= 4 is 0 Å². The van der Waals surface area contributed by atoms with Gasteiger partial charge in [-0.3, -0.25) is 0 Å². The molecule has 2 spiro atoms. The molecule has 0 N–H and O–H groups in total. The van der Waals surface area contributed by atoms with Crippen LogP contribution in [0.5, 0.6) is 0 Å². The van der Waals surface area contributed by atoms with E-state index in [-0.39, 0.29) is 0 Å². The molecule has 4 aliphatic rings. The third-order valence-corrected chi connectivity index (χ3v) is 2.56. The van der Waals surface area contributed by atoms with Crippen molar-refractivity contribution < 1.29 is 37.9 Å². The zero-order chi connectivity index (χ0) is 12.3. The Bertz CT molecular complexity index is 196. The van der Waals surface area contributed by atoms with Gasteiger partial charge in [0.2, 0.25) is 0 Å². The van der Waals surface area contributed by atoms with Crippen LogP contribution in [0.1, 0.15) is 0 Å². The Morgan fingerprint density at radius 3 is 0.667 bits per heavy atom.